The molecule has 1 aromatic carbocycles. The Labute approximate surface area is 100 Å². The molecule has 1 aromatic rings. The van der Waals surface area contributed by atoms with Gasteiger partial charge in [-0.15, -0.1) is 0 Å². The van der Waals surface area contributed by atoms with Crippen LogP contribution in [0.1, 0.15) is 11.1 Å². The van der Waals surface area contributed by atoms with Crippen molar-refractivity contribution in [2.75, 3.05) is 14.2 Å². The SMILES string of the molecule is COCc1cc(C=C(C#N)C#N)ccc1OC. The molecule has 0 N–H and O–H groups in total. The van der Waals surface area contributed by atoms with Crippen LogP contribution >= 0.6 is 0 Å². The van der Waals surface area contributed by atoms with Crippen molar-refractivity contribution in [2.24, 2.45) is 0 Å². The predicted octanol–water partition coefficient (Wildman–Crippen LogP) is 2.27. The Morgan fingerprint density at radius 2 is 2.00 bits per heavy atom. The molecular formula is C13H12N2O2. The Bertz CT molecular complexity index is 491. The largest absolute Gasteiger partial charge is 0.496 e. The number of benzene rings is 1. The van der Waals surface area contributed by atoms with Gasteiger partial charge in [-0.25, -0.2) is 0 Å². The van der Waals surface area contributed by atoms with Gasteiger partial charge < -0.3 is 9.47 Å². The first kappa shape index (κ1) is 12.8. The first-order valence-corrected chi connectivity index (χ1v) is 4.93. The molecular weight excluding hydrogens is 216 g/mol. The molecule has 0 saturated heterocycles. The Kier molecular flexibility index (Phi) is 4.75. The molecule has 0 amide bonds. The number of allylic oxidation sites excluding steroid dienone is 1. The fraction of sp³-hybridized carbons (Fsp3) is 0.231. The molecule has 86 valence electrons. The standard InChI is InChI=1S/C13H12N2O2/c1-16-9-12-6-10(3-4-13(12)17-2)5-11(7-14)8-15/h3-6H,9H2,1-2H3. The summed E-state index contributed by atoms with van der Waals surface area (Å²) in [7, 11) is 3.18. The monoisotopic (exact) mass is 228 g/mol. The van der Waals surface area contributed by atoms with Crippen LogP contribution in [0.4, 0.5) is 0 Å². The number of ether oxygens (including phenoxy) is 2. The normalized spacial score (nSPS) is 8.94. The summed E-state index contributed by atoms with van der Waals surface area (Å²) in [5, 5.41) is 17.3. The van der Waals surface area contributed by atoms with Gasteiger partial charge in [0.1, 0.15) is 23.5 Å². The number of nitrogens with zero attached hydrogens (tertiary/aromatic N) is 2. The van der Waals surface area contributed by atoms with Gasteiger partial charge >= 0.3 is 0 Å². The van der Waals surface area contributed by atoms with Crippen LogP contribution in [0.3, 0.4) is 0 Å². The summed E-state index contributed by atoms with van der Waals surface area (Å²) in [6.07, 6.45) is 1.53. The number of rotatable bonds is 4. The van der Waals surface area contributed by atoms with Crippen molar-refractivity contribution in [1.82, 2.24) is 0 Å². The highest BCUT2D eigenvalue weighted by Gasteiger charge is 2.04. The number of hydrogen-bond acceptors (Lipinski definition) is 4. The zero-order valence-corrected chi connectivity index (χ0v) is 9.73. The van der Waals surface area contributed by atoms with Crippen LogP contribution in [-0.4, -0.2) is 14.2 Å². The second-order valence-corrected chi connectivity index (χ2v) is 3.29. The topological polar surface area (TPSA) is 66.0 Å². The lowest BCUT2D eigenvalue weighted by Crippen LogP contribution is -1.94. The van der Waals surface area contributed by atoms with E-state index in [-0.39, 0.29) is 5.57 Å². The van der Waals surface area contributed by atoms with Gasteiger partial charge in [0.25, 0.3) is 0 Å². The summed E-state index contributed by atoms with van der Waals surface area (Å²) in [5.74, 6) is 0.722. The van der Waals surface area contributed by atoms with Crippen LogP contribution in [0.5, 0.6) is 5.75 Å². The van der Waals surface area contributed by atoms with Gasteiger partial charge in [0.2, 0.25) is 0 Å². The van der Waals surface area contributed by atoms with Gasteiger partial charge in [0, 0.05) is 12.7 Å². The maximum Gasteiger partial charge on any atom is 0.130 e. The van der Waals surface area contributed by atoms with E-state index in [0.29, 0.717) is 6.61 Å². The van der Waals surface area contributed by atoms with E-state index in [1.165, 1.54) is 6.08 Å². The summed E-state index contributed by atoms with van der Waals surface area (Å²) < 4.78 is 10.2. The van der Waals surface area contributed by atoms with Crippen molar-refractivity contribution >= 4 is 6.08 Å². The van der Waals surface area contributed by atoms with Crippen molar-refractivity contribution in [2.45, 2.75) is 6.61 Å². The van der Waals surface area contributed by atoms with Crippen LogP contribution in [0, 0.1) is 22.7 Å². The average molecular weight is 228 g/mol. The van der Waals surface area contributed by atoms with E-state index in [0.717, 1.165) is 16.9 Å². The van der Waals surface area contributed by atoms with E-state index < -0.39 is 0 Å². The number of methoxy groups -OCH3 is 2. The van der Waals surface area contributed by atoms with Crippen molar-refractivity contribution in [3.63, 3.8) is 0 Å². The van der Waals surface area contributed by atoms with E-state index >= 15 is 0 Å². The van der Waals surface area contributed by atoms with Crippen molar-refractivity contribution in [3.05, 3.63) is 34.9 Å². The molecule has 0 saturated carbocycles. The Morgan fingerprint density at radius 1 is 1.29 bits per heavy atom. The van der Waals surface area contributed by atoms with Gasteiger partial charge in [0.15, 0.2) is 0 Å². The van der Waals surface area contributed by atoms with Crippen molar-refractivity contribution in [3.8, 4) is 17.9 Å². The van der Waals surface area contributed by atoms with Crippen molar-refractivity contribution in [1.29, 1.82) is 10.5 Å². The fourth-order valence-electron chi connectivity index (χ4n) is 1.41. The van der Waals surface area contributed by atoms with E-state index in [2.05, 4.69) is 0 Å². The lowest BCUT2D eigenvalue weighted by molar-refractivity contribution is 0.181. The molecule has 1 rings (SSSR count). The summed E-state index contributed by atoms with van der Waals surface area (Å²) in [4.78, 5) is 0. The van der Waals surface area contributed by atoms with Gasteiger partial charge in [0.05, 0.1) is 13.7 Å². The molecule has 0 aliphatic rings. The summed E-state index contributed by atoms with van der Waals surface area (Å²) in [5.41, 5.74) is 1.72. The maximum absolute atomic E-state index is 8.67. The van der Waals surface area contributed by atoms with Gasteiger partial charge in [-0.3, -0.25) is 0 Å². The minimum atomic E-state index is 0.0681. The highest BCUT2D eigenvalue weighted by atomic mass is 16.5. The Morgan fingerprint density at radius 3 is 2.53 bits per heavy atom. The fourth-order valence-corrected chi connectivity index (χ4v) is 1.41. The molecule has 0 aliphatic carbocycles. The molecule has 0 bridgehead atoms. The van der Waals surface area contributed by atoms with Crippen LogP contribution in [-0.2, 0) is 11.3 Å². The highest BCUT2D eigenvalue weighted by molar-refractivity contribution is 5.63. The molecule has 17 heavy (non-hydrogen) atoms. The third kappa shape index (κ3) is 3.34. The summed E-state index contributed by atoms with van der Waals surface area (Å²) in [6.45, 7) is 0.416. The summed E-state index contributed by atoms with van der Waals surface area (Å²) in [6, 6.07) is 9.03. The third-order valence-electron chi connectivity index (χ3n) is 2.16. The van der Waals surface area contributed by atoms with Gasteiger partial charge in [-0.1, -0.05) is 6.07 Å². The second-order valence-electron chi connectivity index (χ2n) is 3.29. The summed E-state index contributed by atoms with van der Waals surface area (Å²) >= 11 is 0. The third-order valence-corrected chi connectivity index (χ3v) is 2.16. The molecule has 0 aliphatic heterocycles. The van der Waals surface area contributed by atoms with Crippen molar-refractivity contribution < 1.29 is 9.47 Å². The molecule has 0 aromatic heterocycles. The molecule has 0 unspecified atom stereocenters. The van der Waals surface area contributed by atoms with Crippen LogP contribution < -0.4 is 4.74 Å². The molecule has 0 heterocycles. The maximum atomic E-state index is 8.67. The van der Waals surface area contributed by atoms with Gasteiger partial charge in [-0.05, 0) is 23.8 Å². The highest BCUT2D eigenvalue weighted by Crippen LogP contribution is 2.21. The average Bonchev–Trinajstić information content (AvgIpc) is 2.36. The molecule has 4 nitrogen and oxygen atoms in total. The lowest BCUT2D eigenvalue weighted by atomic mass is 10.1. The smallest absolute Gasteiger partial charge is 0.130 e. The van der Waals surface area contributed by atoms with E-state index in [1.54, 1.807) is 26.4 Å². The number of nitriles is 2. The molecule has 0 fully saturated rings. The Hall–Kier alpha value is -2.30. The van der Waals surface area contributed by atoms with E-state index in [9.17, 15) is 0 Å². The van der Waals surface area contributed by atoms with Crippen LogP contribution in [0.25, 0.3) is 6.08 Å². The Balaban J connectivity index is 3.13. The predicted molar refractivity (Wildman–Crippen MR) is 62.9 cm³/mol. The van der Waals surface area contributed by atoms with Gasteiger partial charge in [-0.2, -0.15) is 10.5 Å². The van der Waals surface area contributed by atoms with E-state index in [1.807, 2.05) is 18.2 Å². The first-order chi connectivity index (χ1) is 8.24. The van der Waals surface area contributed by atoms with Crippen LogP contribution in [0.2, 0.25) is 0 Å². The molecule has 0 radical (unpaired) electrons. The zero-order valence-electron chi connectivity index (χ0n) is 9.73. The van der Waals surface area contributed by atoms with Crippen LogP contribution in [0.15, 0.2) is 23.8 Å². The minimum Gasteiger partial charge on any atom is -0.496 e. The minimum absolute atomic E-state index is 0.0681. The second kappa shape index (κ2) is 6.32. The van der Waals surface area contributed by atoms with E-state index in [4.69, 9.17) is 20.0 Å². The molecule has 0 spiro atoms. The first-order valence-electron chi connectivity index (χ1n) is 4.93. The lowest BCUT2D eigenvalue weighted by Gasteiger charge is -2.08. The molecule has 0 atom stereocenters. The number of hydrogen-bond donors (Lipinski definition) is 0. The molecule has 4 heteroatoms. The zero-order chi connectivity index (χ0) is 12.7. The quantitative estimate of drug-likeness (QED) is 0.741.